The minimum absolute atomic E-state index is 0.166. The SMILES string of the molecule is CC1(C)c2ccccc2N(c2ccc(P(=O)(c3ccccc3)c3ccc(N4c5ccccc5C(C)(C)c5ccccc54)nc3)cn2)c2ccccc21. The molecule has 2 aliphatic rings. The molecule has 9 rings (SSSR count). The van der Waals surface area contributed by atoms with Gasteiger partial charge in [-0.25, -0.2) is 9.97 Å². The van der Waals surface area contributed by atoms with E-state index >= 15 is 4.57 Å². The number of hydrogen-bond acceptors (Lipinski definition) is 5. The maximum absolute atomic E-state index is 15.6. The van der Waals surface area contributed by atoms with Crippen molar-refractivity contribution in [2.45, 2.75) is 38.5 Å². The predicted octanol–water partition coefficient (Wildman–Crippen LogP) is 10.3. The van der Waals surface area contributed by atoms with Crippen LogP contribution >= 0.6 is 7.14 Å². The number of para-hydroxylation sites is 4. The van der Waals surface area contributed by atoms with Crippen molar-refractivity contribution in [2.24, 2.45) is 0 Å². The Bertz CT molecular complexity index is 2250. The lowest BCUT2D eigenvalue weighted by molar-refractivity contribution is 0.592. The summed E-state index contributed by atoms with van der Waals surface area (Å²) < 4.78 is 15.6. The molecule has 0 saturated heterocycles. The third-order valence-corrected chi connectivity index (χ3v) is 14.1. The number of anilines is 6. The molecular formula is C46H39N4OP. The van der Waals surface area contributed by atoms with Crippen LogP contribution in [-0.2, 0) is 15.4 Å². The maximum Gasteiger partial charge on any atom is 0.174 e. The first-order chi connectivity index (χ1) is 25.2. The number of fused-ring (bicyclic) bond motifs is 4. The molecule has 0 N–H and O–H groups in total. The van der Waals surface area contributed by atoms with E-state index < -0.39 is 7.14 Å². The van der Waals surface area contributed by atoms with Gasteiger partial charge in [-0.05, 0) is 70.8 Å². The monoisotopic (exact) mass is 694 g/mol. The Morgan fingerprint density at radius 2 is 0.731 bits per heavy atom. The Hall–Kier alpha value is -5.77. The molecular weight excluding hydrogens is 656 g/mol. The molecule has 2 aromatic heterocycles. The average molecular weight is 695 g/mol. The van der Waals surface area contributed by atoms with E-state index in [0.29, 0.717) is 10.6 Å². The molecule has 254 valence electrons. The zero-order valence-corrected chi connectivity index (χ0v) is 30.6. The summed E-state index contributed by atoms with van der Waals surface area (Å²) in [5, 5.41) is 2.06. The van der Waals surface area contributed by atoms with Gasteiger partial charge < -0.3 is 4.57 Å². The summed E-state index contributed by atoms with van der Waals surface area (Å²) in [5.41, 5.74) is 9.02. The summed E-state index contributed by atoms with van der Waals surface area (Å²) in [7, 11) is -3.36. The van der Waals surface area contributed by atoms with Gasteiger partial charge in [-0.1, -0.05) is 131 Å². The highest BCUT2D eigenvalue weighted by Gasteiger charge is 2.39. The van der Waals surface area contributed by atoms with Gasteiger partial charge in [0.05, 0.1) is 22.7 Å². The number of rotatable bonds is 5. The van der Waals surface area contributed by atoms with Crippen LogP contribution in [0.5, 0.6) is 0 Å². The third-order valence-electron chi connectivity index (χ3n) is 11.0. The summed E-state index contributed by atoms with van der Waals surface area (Å²) in [6.07, 6.45) is 3.59. The minimum atomic E-state index is -3.36. The molecule has 0 fully saturated rings. The van der Waals surface area contributed by atoms with Crippen LogP contribution in [0, 0.1) is 0 Å². The highest BCUT2D eigenvalue weighted by Crippen LogP contribution is 2.53. The fraction of sp³-hybridized carbons (Fsp3) is 0.130. The van der Waals surface area contributed by atoms with Crippen LogP contribution in [0.25, 0.3) is 0 Å². The second-order valence-corrected chi connectivity index (χ2v) is 17.5. The largest absolute Gasteiger partial charge is 0.309 e. The molecule has 5 aromatic carbocycles. The fourth-order valence-corrected chi connectivity index (χ4v) is 10.8. The van der Waals surface area contributed by atoms with Gasteiger partial charge in [0.25, 0.3) is 0 Å². The van der Waals surface area contributed by atoms with E-state index in [1.54, 1.807) is 12.4 Å². The third kappa shape index (κ3) is 4.73. The van der Waals surface area contributed by atoms with Gasteiger partial charge >= 0.3 is 0 Å². The Morgan fingerprint density at radius 3 is 1.06 bits per heavy atom. The molecule has 0 bridgehead atoms. The molecule has 0 unspecified atom stereocenters. The van der Waals surface area contributed by atoms with Gasteiger partial charge in [0, 0.05) is 39.1 Å². The summed E-state index contributed by atoms with van der Waals surface area (Å²) in [4.78, 5) is 14.5. The van der Waals surface area contributed by atoms with E-state index in [1.807, 2.05) is 54.6 Å². The highest BCUT2D eigenvalue weighted by molar-refractivity contribution is 7.85. The van der Waals surface area contributed by atoms with Crippen LogP contribution < -0.4 is 25.7 Å². The van der Waals surface area contributed by atoms with Crippen molar-refractivity contribution in [3.8, 4) is 0 Å². The van der Waals surface area contributed by atoms with Crippen LogP contribution in [0.3, 0.4) is 0 Å². The molecule has 7 aromatic rings. The van der Waals surface area contributed by atoms with Crippen molar-refractivity contribution in [1.82, 2.24) is 9.97 Å². The van der Waals surface area contributed by atoms with Crippen LogP contribution in [-0.4, -0.2) is 9.97 Å². The minimum Gasteiger partial charge on any atom is -0.309 e. The number of benzene rings is 5. The fourth-order valence-electron chi connectivity index (χ4n) is 8.31. The number of pyridine rings is 2. The first-order valence-corrected chi connectivity index (χ1v) is 19.5. The number of aromatic nitrogens is 2. The molecule has 2 aliphatic heterocycles. The molecule has 5 nitrogen and oxygen atoms in total. The lowest BCUT2D eigenvalue weighted by Gasteiger charge is -2.41. The van der Waals surface area contributed by atoms with Gasteiger partial charge in [0.2, 0.25) is 0 Å². The van der Waals surface area contributed by atoms with Crippen molar-refractivity contribution in [2.75, 3.05) is 9.80 Å². The summed E-state index contributed by atoms with van der Waals surface area (Å²) in [5.74, 6) is 1.55. The topological polar surface area (TPSA) is 49.3 Å². The average Bonchev–Trinajstić information content (AvgIpc) is 3.19. The van der Waals surface area contributed by atoms with E-state index in [4.69, 9.17) is 9.97 Å². The molecule has 0 aliphatic carbocycles. The van der Waals surface area contributed by atoms with Gasteiger partial charge in [0.15, 0.2) is 7.14 Å². The molecule has 0 spiro atoms. The number of hydrogen-bond donors (Lipinski definition) is 0. The van der Waals surface area contributed by atoms with E-state index in [-0.39, 0.29) is 10.8 Å². The number of nitrogens with zero attached hydrogens (tertiary/aromatic N) is 4. The van der Waals surface area contributed by atoms with Crippen molar-refractivity contribution in [3.05, 3.63) is 186 Å². The Labute approximate surface area is 305 Å². The predicted molar refractivity (Wildman–Crippen MR) is 215 cm³/mol. The van der Waals surface area contributed by atoms with Crippen LogP contribution in [0.2, 0.25) is 0 Å². The van der Waals surface area contributed by atoms with Gasteiger partial charge in [-0.15, -0.1) is 0 Å². The van der Waals surface area contributed by atoms with Crippen LogP contribution in [0.15, 0.2) is 164 Å². The van der Waals surface area contributed by atoms with E-state index in [9.17, 15) is 0 Å². The maximum atomic E-state index is 15.6. The van der Waals surface area contributed by atoms with Crippen LogP contribution in [0.1, 0.15) is 49.9 Å². The molecule has 6 heteroatoms. The zero-order valence-electron chi connectivity index (χ0n) is 29.7. The summed E-state index contributed by atoms with van der Waals surface area (Å²) in [6, 6.07) is 51.8. The van der Waals surface area contributed by atoms with Gasteiger partial charge in [0.1, 0.15) is 11.6 Å². The summed E-state index contributed by atoms with van der Waals surface area (Å²) in [6.45, 7) is 9.10. The van der Waals surface area contributed by atoms with Crippen molar-refractivity contribution in [1.29, 1.82) is 0 Å². The van der Waals surface area contributed by atoms with Crippen LogP contribution in [0.4, 0.5) is 34.4 Å². The molecule has 0 saturated carbocycles. The molecule has 0 atom stereocenters. The first-order valence-electron chi connectivity index (χ1n) is 17.8. The first kappa shape index (κ1) is 32.2. The highest BCUT2D eigenvalue weighted by atomic mass is 31.2. The molecule has 52 heavy (non-hydrogen) atoms. The van der Waals surface area contributed by atoms with E-state index in [2.05, 4.69) is 135 Å². The summed E-state index contributed by atoms with van der Waals surface area (Å²) >= 11 is 0. The van der Waals surface area contributed by atoms with Crippen molar-refractivity contribution < 1.29 is 4.57 Å². The quantitative estimate of drug-likeness (QED) is 0.168. The van der Waals surface area contributed by atoms with Crippen molar-refractivity contribution in [3.63, 3.8) is 0 Å². The molecule has 0 radical (unpaired) electrons. The molecule has 0 amide bonds. The van der Waals surface area contributed by atoms with Gasteiger partial charge in [-0.3, -0.25) is 9.80 Å². The Morgan fingerprint density at radius 1 is 0.404 bits per heavy atom. The van der Waals surface area contributed by atoms with Crippen molar-refractivity contribution >= 4 is 57.4 Å². The van der Waals surface area contributed by atoms with Gasteiger partial charge in [-0.2, -0.15) is 0 Å². The van der Waals surface area contributed by atoms with E-state index in [1.165, 1.54) is 22.3 Å². The standard InChI is InChI=1S/C46H39N4OP/c1-45(2)35-18-8-12-22-39(35)49(40-23-13-9-19-36(40)45)43-28-26-33(30-47-43)52(51,32-16-6-5-7-17-32)34-27-29-44(48-31-34)50-41-24-14-10-20-37(41)46(3,4)38-21-11-15-25-42(38)50/h5-31H,1-4H3. The smallest absolute Gasteiger partial charge is 0.174 e. The molecule has 4 heterocycles. The zero-order chi connectivity index (χ0) is 35.7. The lowest BCUT2D eigenvalue weighted by atomic mass is 9.73. The normalized spacial score (nSPS) is 15.2. The lowest BCUT2D eigenvalue weighted by Crippen LogP contribution is -2.31. The Kier molecular flexibility index (Phi) is 7.36. The van der Waals surface area contributed by atoms with E-state index in [0.717, 1.165) is 39.7 Å². The second kappa shape index (κ2) is 11.9. The second-order valence-electron chi connectivity index (χ2n) is 14.7. The Balaban J connectivity index is 1.14.